The van der Waals surface area contributed by atoms with Crippen LogP contribution in [0.2, 0.25) is 0 Å². The SMILES string of the molecule is CCCOCCCNC(=O)C1CNCCO1. The summed E-state index contributed by atoms with van der Waals surface area (Å²) in [5.41, 5.74) is 0. The van der Waals surface area contributed by atoms with E-state index in [1.807, 2.05) is 0 Å². The molecule has 0 spiro atoms. The van der Waals surface area contributed by atoms with Crippen molar-refractivity contribution in [2.75, 3.05) is 39.5 Å². The number of morpholine rings is 1. The van der Waals surface area contributed by atoms with E-state index < -0.39 is 0 Å². The standard InChI is InChI=1S/C11H22N2O3/c1-2-6-15-7-3-4-13-11(14)10-9-12-5-8-16-10/h10,12H,2-9H2,1H3,(H,13,14). The molecule has 0 aromatic heterocycles. The molecule has 5 nitrogen and oxygen atoms in total. The van der Waals surface area contributed by atoms with E-state index in [1.165, 1.54) is 0 Å². The molecule has 94 valence electrons. The van der Waals surface area contributed by atoms with Crippen molar-refractivity contribution in [2.45, 2.75) is 25.9 Å². The van der Waals surface area contributed by atoms with Crippen LogP contribution in [0.3, 0.4) is 0 Å². The number of ether oxygens (including phenoxy) is 2. The molecule has 0 bridgehead atoms. The van der Waals surface area contributed by atoms with E-state index in [9.17, 15) is 4.79 Å². The predicted octanol–water partition coefficient (Wildman–Crippen LogP) is -0.0923. The Morgan fingerprint density at radius 1 is 1.56 bits per heavy atom. The number of carbonyl (C=O) groups excluding carboxylic acids is 1. The number of amides is 1. The fourth-order valence-corrected chi connectivity index (χ4v) is 1.48. The van der Waals surface area contributed by atoms with Gasteiger partial charge >= 0.3 is 0 Å². The van der Waals surface area contributed by atoms with E-state index in [4.69, 9.17) is 9.47 Å². The van der Waals surface area contributed by atoms with Gasteiger partial charge in [0.1, 0.15) is 6.10 Å². The van der Waals surface area contributed by atoms with Crippen LogP contribution in [0.25, 0.3) is 0 Å². The van der Waals surface area contributed by atoms with Crippen LogP contribution < -0.4 is 10.6 Å². The molecule has 1 rings (SSSR count). The van der Waals surface area contributed by atoms with Gasteiger partial charge in [-0.25, -0.2) is 0 Å². The van der Waals surface area contributed by atoms with E-state index >= 15 is 0 Å². The minimum Gasteiger partial charge on any atom is -0.381 e. The molecule has 1 amide bonds. The third-order valence-corrected chi connectivity index (χ3v) is 2.33. The summed E-state index contributed by atoms with van der Waals surface area (Å²) >= 11 is 0. The minimum atomic E-state index is -0.328. The summed E-state index contributed by atoms with van der Waals surface area (Å²) < 4.78 is 10.6. The van der Waals surface area contributed by atoms with Gasteiger partial charge in [0.05, 0.1) is 6.61 Å². The highest BCUT2D eigenvalue weighted by Crippen LogP contribution is 1.95. The van der Waals surface area contributed by atoms with Crippen LogP contribution in [0, 0.1) is 0 Å². The van der Waals surface area contributed by atoms with Gasteiger partial charge in [-0.05, 0) is 12.8 Å². The Bertz CT molecular complexity index is 194. The molecule has 2 N–H and O–H groups in total. The second kappa shape index (κ2) is 8.50. The predicted molar refractivity (Wildman–Crippen MR) is 61.3 cm³/mol. The Kier molecular flexibility index (Phi) is 7.12. The van der Waals surface area contributed by atoms with E-state index in [2.05, 4.69) is 17.6 Å². The topological polar surface area (TPSA) is 59.6 Å². The summed E-state index contributed by atoms with van der Waals surface area (Å²) in [5.74, 6) is -0.0253. The Labute approximate surface area is 96.9 Å². The zero-order chi connectivity index (χ0) is 11.6. The van der Waals surface area contributed by atoms with E-state index in [0.29, 0.717) is 26.3 Å². The summed E-state index contributed by atoms with van der Waals surface area (Å²) in [6.07, 6.45) is 1.56. The Balaban J connectivity index is 1.97. The van der Waals surface area contributed by atoms with Crippen LogP contribution in [0.5, 0.6) is 0 Å². The molecular formula is C11H22N2O3. The quantitative estimate of drug-likeness (QED) is 0.600. The number of nitrogens with one attached hydrogen (secondary N) is 2. The average molecular weight is 230 g/mol. The fourth-order valence-electron chi connectivity index (χ4n) is 1.48. The fraction of sp³-hybridized carbons (Fsp3) is 0.909. The first-order chi connectivity index (χ1) is 7.84. The first kappa shape index (κ1) is 13.4. The molecule has 16 heavy (non-hydrogen) atoms. The van der Waals surface area contributed by atoms with Crippen LogP contribution in [-0.4, -0.2) is 51.5 Å². The Hall–Kier alpha value is -0.650. The van der Waals surface area contributed by atoms with Crippen molar-refractivity contribution in [1.29, 1.82) is 0 Å². The number of hydrogen-bond acceptors (Lipinski definition) is 4. The summed E-state index contributed by atoms with van der Waals surface area (Å²) in [5, 5.41) is 5.97. The lowest BCUT2D eigenvalue weighted by molar-refractivity contribution is -0.134. The summed E-state index contributed by atoms with van der Waals surface area (Å²) in [7, 11) is 0. The van der Waals surface area contributed by atoms with Crippen LogP contribution >= 0.6 is 0 Å². The van der Waals surface area contributed by atoms with E-state index in [0.717, 1.165) is 26.0 Å². The smallest absolute Gasteiger partial charge is 0.250 e. The molecular weight excluding hydrogens is 208 g/mol. The molecule has 1 unspecified atom stereocenters. The largest absolute Gasteiger partial charge is 0.381 e. The first-order valence-electron chi connectivity index (χ1n) is 6.02. The van der Waals surface area contributed by atoms with Gasteiger partial charge in [-0.1, -0.05) is 6.92 Å². The summed E-state index contributed by atoms with van der Waals surface area (Å²) in [6.45, 7) is 6.28. The second-order valence-electron chi connectivity index (χ2n) is 3.82. The summed E-state index contributed by atoms with van der Waals surface area (Å²) in [6, 6.07) is 0. The molecule has 0 aliphatic carbocycles. The van der Waals surface area contributed by atoms with Gasteiger partial charge in [0.2, 0.25) is 5.91 Å². The van der Waals surface area contributed by atoms with Crippen molar-refractivity contribution < 1.29 is 14.3 Å². The minimum absolute atomic E-state index is 0.0253. The van der Waals surface area contributed by atoms with Crippen LogP contribution in [0.1, 0.15) is 19.8 Å². The van der Waals surface area contributed by atoms with Gasteiger partial charge in [-0.2, -0.15) is 0 Å². The third-order valence-electron chi connectivity index (χ3n) is 2.33. The molecule has 1 fully saturated rings. The number of hydrogen-bond donors (Lipinski definition) is 2. The van der Waals surface area contributed by atoms with Crippen molar-refractivity contribution >= 4 is 5.91 Å². The maximum Gasteiger partial charge on any atom is 0.250 e. The van der Waals surface area contributed by atoms with E-state index in [1.54, 1.807) is 0 Å². The maximum atomic E-state index is 11.6. The third kappa shape index (κ3) is 5.44. The molecule has 0 radical (unpaired) electrons. The van der Waals surface area contributed by atoms with Crippen LogP contribution in [-0.2, 0) is 14.3 Å². The maximum absolute atomic E-state index is 11.6. The molecule has 1 saturated heterocycles. The van der Waals surface area contributed by atoms with Gasteiger partial charge < -0.3 is 20.1 Å². The molecule has 1 aliphatic heterocycles. The lowest BCUT2D eigenvalue weighted by atomic mass is 10.3. The molecule has 5 heteroatoms. The normalized spacial score (nSPS) is 20.7. The first-order valence-corrected chi connectivity index (χ1v) is 6.02. The molecule has 0 aromatic rings. The van der Waals surface area contributed by atoms with Gasteiger partial charge in [0, 0.05) is 32.8 Å². The average Bonchev–Trinajstić information content (AvgIpc) is 2.34. The number of rotatable bonds is 7. The van der Waals surface area contributed by atoms with Crippen LogP contribution in [0.15, 0.2) is 0 Å². The Morgan fingerprint density at radius 3 is 3.12 bits per heavy atom. The zero-order valence-corrected chi connectivity index (χ0v) is 9.96. The highest BCUT2D eigenvalue weighted by atomic mass is 16.5. The van der Waals surface area contributed by atoms with Gasteiger partial charge in [0.15, 0.2) is 0 Å². The monoisotopic (exact) mass is 230 g/mol. The molecule has 0 saturated carbocycles. The molecule has 1 aliphatic rings. The number of carbonyl (C=O) groups is 1. The Morgan fingerprint density at radius 2 is 2.44 bits per heavy atom. The van der Waals surface area contributed by atoms with E-state index in [-0.39, 0.29) is 12.0 Å². The summed E-state index contributed by atoms with van der Waals surface area (Å²) in [4.78, 5) is 11.6. The molecule has 0 aromatic carbocycles. The van der Waals surface area contributed by atoms with Crippen molar-refractivity contribution in [3.63, 3.8) is 0 Å². The molecule has 1 atom stereocenters. The second-order valence-corrected chi connectivity index (χ2v) is 3.82. The lowest BCUT2D eigenvalue weighted by Gasteiger charge is -2.22. The van der Waals surface area contributed by atoms with Crippen molar-refractivity contribution in [1.82, 2.24) is 10.6 Å². The highest BCUT2D eigenvalue weighted by Gasteiger charge is 2.20. The van der Waals surface area contributed by atoms with Crippen molar-refractivity contribution in [3.8, 4) is 0 Å². The van der Waals surface area contributed by atoms with Gasteiger partial charge in [-0.15, -0.1) is 0 Å². The highest BCUT2D eigenvalue weighted by molar-refractivity contribution is 5.81. The zero-order valence-electron chi connectivity index (χ0n) is 9.96. The lowest BCUT2D eigenvalue weighted by Crippen LogP contribution is -2.48. The van der Waals surface area contributed by atoms with Crippen molar-refractivity contribution in [2.24, 2.45) is 0 Å². The van der Waals surface area contributed by atoms with Gasteiger partial charge in [0.25, 0.3) is 0 Å². The molecule has 1 heterocycles. The van der Waals surface area contributed by atoms with Crippen molar-refractivity contribution in [3.05, 3.63) is 0 Å². The van der Waals surface area contributed by atoms with Gasteiger partial charge in [-0.3, -0.25) is 4.79 Å². The van der Waals surface area contributed by atoms with Crippen LogP contribution in [0.4, 0.5) is 0 Å².